The number of esters is 1. The molecule has 1 aliphatic carbocycles. The molecule has 0 unspecified atom stereocenters. The average molecular weight is 264 g/mol. The molecule has 2 rings (SSSR count). The van der Waals surface area contributed by atoms with Gasteiger partial charge in [-0.1, -0.05) is 0 Å². The number of carbonyl (C=O) groups is 2. The quantitative estimate of drug-likeness (QED) is 0.734. The normalized spacial score (nSPS) is 14.2. The summed E-state index contributed by atoms with van der Waals surface area (Å²) >= 11 is 0. The number of ether oxygens (including phenoxy) is 1. The highest BCUT2D eigenvalue weighted by molar-refractivity contribution is 5.88. The molecule has 0 spiro atoms. The lowest BCUT2D eigenvalue weighted by Crippen LogP contribution is -2.35. The second kappa shape index (κ2) is 5.91. The van der Waals surface area contributed by atoms with Gasteiger partial charge in [0, 0.05) is 18.8 Å². The average Bonchev–Trinajstić information content (AvgIpc) is 3.09. The summed E-state index contributed by atoms with van der Waals surface area (Å²) in [4.78, 5) is 25.8. The minimum absolute atomic E-state index is 0.0618. The second-order valence-electron chi connectivity index (χ2n) is 4.65. The zero-order chi connectivity index (χ0) is 13.8. The minimum Gasteiger partial charge on any atom is -0.461 e. The number of nitrogens with zero attached hydrogens (tertiary/aromatic N) is 2. The highest BCUT2D eigenvalue weighted by Gasteiger charge is 2.31. The van der Waals surface area contributed by atoms with Crippen molar-refractivity contribution in [3.63, 3.8) is 0 Å². The summed E-state index contributed by atoms with van der Waals surface area (Å²) in [7, 11) is 0. The molecule has 0 aliphatic heterocycles. The Morgan fingerprint density at radius 2 is 2.16 bits per heavy atom. The highest BCUT2D eigenvalue weighted by Crippen LogP contribution is 2.26. The molecule has 0 radical (unpaired) electrons. The first-order valence-corrected chi connectivity index (χ1v) is 6.79. The summed E-state index contributed by atoms with van der Waals surface area (Å²) in [6.45, 7) is 5.01. The number of likely N-dealkylation sites (N-methyl/N-ethyl adjacent to an activating group) is 1. The van der Waals surface area contributed by atoms with Crippen molar-refractivity contribution in [3.8, 4) is 0 Å². The molecule has 0 saturated heterocycles. The number of rotatable bonds is 6. The van der Waals surface area contributed by atoms with Crippen LogP contribution in [0.15, 0.2) is 18.3 Å². The molecule has 5 heteroatoms. The number of aromatic nitrogens is 1. The molecule has 1 aromatic heterocycles. The molecular formula is C14H20N2O3. The topological polar surface area (TPSA) is 51.5 Å². The van der Waals surface area contributed by atoms with Crippen LogP contribution in [0.25, 0.3) is 0 Å². The van der Waals surface area contributed by atoms with Crippen LogP contribution >= 0.6 is 0 Å². The van der Waals surface area contributed by atoms with Crippen LogP contribution in [0.2, 0.25) is 0 Å². The summed E-state index contributed by atoms with van der Waals surface area (Å²) in [5, 5.41) is 0. The lowest BCUT2D eigenvalue weighted by molar-refractivity contribution is -0.132. The summed E-state index contributed by atoms with van der Waals surface area (Å²) in [5.74, 6) is -0.318. The maximum absolute atomic E-state index is 12.2. The Hall–Kier alpha value is -1.78. The summed E-state index contributed by atoms with van der Waals surface area (Å²) in [5.41, 5.74) is 0.432. The van der Waals surface area contributed by atoms with Crippen molar-refractivity contribution in [3.05, 3.63) is 24.0 Å². The van der Waals surface area contributed by atoms with Crippen LogP contribution in [0.1, 0.15) is 37.2 Å². The van der Waals surface area contributed by atoms with Gasteiger partial charge < -0.3 is 14.2 Å². The van der Waals surface area contributed by atoms with Gasteiger partial charge in [0.05, 0.1) is 6.61 Å². The smallest absolute Gasteiger partial charge is 0.354 e. The van der Waals surface area contributed by atoms with E-state index in [4.69, 9.17) is 4.74 Å². The summed E-state index contributed by atoms with van der Waals surface area (Å²) in [6, 6.07) is 3.84. The van der Waals surface area contributed by atoms with Crippen molar-refractivity contribution in [1.29, 1.82) is 0 Å². The molecule has 1 amide bonds. The van der Waals surface area contributed by atoms with Gasteiger partial charge in [0.25, 0.3) is 0 Å². The van der Waals surface area contributed by atoms with Gasteiger partial charge in [-0.15, -0.1) is 0 Å². The first kappa shape index (κ1) is 13.6. The van der Waals surface area contributed by atoms with E-state index in [0.29, 0.717) is 18.3 Å². The van der Waals surface area contributed by atoms with Crippen LogP contribution in [0, 0.1) is 0 Å². The highest BCUT2D eigenvalue weighted by atomic mass is 16.5. The second-order valence-corrected chi connectivity index (χ2v) is 4.65. The van der Waals surface area contributed by atoms with Gasteiger partial charge in [-0.3, -0.25) is 4.79 Å². The summed E-state index contributed by atoms with van der Waals surface area (Å²) < 4.78 is 6.63. The van der Waals surface area contributed by atoms with Crippen molar-refractivity contribution >= 4 is 11.9 Å². The third kappa shape index (κ3) is 3.16. The Morgan fingerprint density at radius 1 is 1.42 bits per heavy atom. The zero-order valence-electron chi connectivity index (χ0n) is 11.5. The summed E-state index contributed by atoms with van der Waals surface area (Å²) in [6.07, 6.45) is 3.93. The number of hydrogen-bond acceptors (Lipinski definition) is 3. The molecular weight excluding hydrogens is 244 g/mol. The van der Waals surface area contributed by atoms with E-state index in [2.05, 4.69) is 0 Å². The SMILES string of the molecule is CCOC(=O)c1cccn1CC(=O)N(CC)C1CC1. The fourth-order valence-corrected chi connectivity index (χ4v) is 2.20. The van der Waals surface area contributed by atoms with E-state index in [0.717, 1.165) is 19.4 Å². The van der Waals surface area contributed by atoms with Crippen LogP contribution in [0.3, 0.4) is 0 Å². The predicted molar refractivity (Wildman–Crippen MR) is 70.8 cm³/mol. The van der Waals surface area contributed by atoms with Gasteiger partial charge in [-0.2, -0.15) is 0 Å². The van der Waals surface area contributed by atoms with Crippen molar-refractivity contribution < 1.29 is 14.3 Å². The third-order valence-corrected chi connectivity index (χ3v) is 3.27. The van der Waals surface area contributed by atoms with E-state index in [1.807, 2.05) is 11.8 Å². The largest absolute Gasteiger partial charge is 0.461 e. The van der Waals surface area contributed by atoms with Gasteiger partial charge in [-0.25, -0.2) is 4.79 Å². The van der Waals surface area contributed by atoms with E-state index >= 15 is 0 Å². The van der Waals surface area contributed by atoms with Crippen LogP contribution in [-0.2, 0) is 16.1 Å². The molecule has 0 N–H and O–H groups in total. The maximum Gasteiger partial charge on any atom is 0.354 e. The van der Waals surface area contributed by atoms with Crippen LogP contribution < -0.4 is 0 Å². The van der Waals surface area contributed by atoms with E-state index in [1.165, 1.54) is 0 Å². The Morgan fingerprint density at radius 3 is 2.74 bits per heavy atom. The van der Waals surface area contributed by atoms with Crippen LogP contribution in [-0.4, -0.2) is 40.5 Å². The van der Waals surface area contributed by atoms with Crippen molar-refractivity contribution in [2.24, 2.45) is 0 Å². The van der Waals surface area contributed by atoms with Gasteiger partial charge in [0.1, 0.15) is 12.2 Å². The standard InChI is InChI=1S/C14H20N2O3/c1-3-16(11-7-8-11)13(17)10-15-9-5-6-12(15)14(18)19-4-2/h5-6,9,11H,3-4,7-8,10H2,1-2H3. The zero-order valence-corrected chi connectivity index (χ0v) is 11.5. The Balaban J connectivity index is 2.04. The van der Waals surface area contributed by atoms with E-state index in [-0.39, 0.29) is 18.4 Å². The first-order chi connectivity index (χ1) is 9.17. The minimum atomic E-state index is -0.380. The van der Waals surface area contributed by atoms with Crippen molar-refractivity contribution in [2.75, 3.05) is 13.2 Å². The monoisotopic (exact) mass is 264 g/mol. The fraction of sp³-hybridized carbons (Fsp3) is 0.571. The van der Waals surface area contributed by atoms with E-state index < -0.39 is 0 Å². The number of carbonyl (C=O) groups excluding carboxylic acids is 2. The fourth-order valence-electron chi connectivity index (χ4n) is 2.20. The molecule has 19 heavy (non-hydrogen) atoms. The Labute approximate surface area is 113 Å². The Bertz CT molecular complexity index is 463. The molecule has 1 aliphatic rings. The van der Waals surface area contributed by atoms with Crippen molar-refractivity contribution in [2.45, 2.75) is 39.3 Å². The first-order valence-electron chi connectivity index (χ1n) is 6.79. The van der Waals surface area contributed by atoms with E-state index in [9.17, 15) is 9.59 Å². The maximum atomic E-state index is 12.2. The number of amides is 1. The molecule has 0 aromatic carbocycles. The molecule has 0 bridgehead atoms. The van der Waals surface area contributed by atoms with E-state index in [1.54, 1.807) is 29.8 Å². The van der Waals surface area contributed by atoms with Crippen LogP contribution in [0.4, 0.5) is 0 Å². The van der Waals surface area contributed by atoms with Gasteiger partial charge >= 0.3 is 5.97 Å². The molecule has 1 aromatic rings. The van der Waals surface area contributed by atoms with Crippen molar-refractivity contribution in [1.82, 2.24) is 9.47 Å². The Kier molecular flexibility index (Phi) is 4.24. The van der Waals surface area contributed by atoms with Gasteiger partial charge in [0.15, 0.2) is 0 Å². The molecule has 0 atom stereocenters. The lowest BCUT2D eigenvalue weighted by Gasteiger charge is -2.21. The number of hydrogen-bond donors (Lipinski definition) is 0. The van der Waals surface area contributed by atoms with Gasteiger partial charge in [0.2, 0.25) is 5.91 Å². The molecule has 1 heterocycles. The van der Waals surface area contributed by atoms with Gasteiger partial charge in [-0.05, 0) is 38.8 Å². The molecule has 5 nitrogen and oxygen atoms in total. The third-order valence-electron chi connectivity index (χ3n) is 3.27. The van der Waals surface area contributed by atoms with Crippen LogP contribution in [0.5, 0.6) is 0 Å². The lowest BCUT2D eigenvalue weighted by atomic mass is 10.4. The molecule has 1 fully saturated rings. The predicted octanol–water partition coefficient (Wildman–Crippen LogP) is 1.68. The molecule has 1 saturated carbocycles. The molecule has 104 valence electrons.